The van der Waals surface area contributed by atoms with Crippen LogP contribution < -0.4 is 5.32 Å². The molecule has 0 aromatic rings. The van der Waals surface area contributed by atoms with Gasteiger partial charge in [0.25, 0.3) is 0 Å². The molecule has 3 fully saturated rings. The van der Waals surface area contributed by atoms with Gasteiger partial charge in [-0.15, -0.1) is 0 Å². The lowest BCUT2D eigenvalue weighted by atomic mass is 9.71. The van der Waals surface area contributed by atoms with E-state index in [1.165, 1.54) is 70.6 Å². The molecule has 0 heterocycles. The zero-order valence-electron chi connectivity index (χ0n) is 12.4. The van der Waals surface area contributed by atoms with E-state index in [-0.39, 0.29) is 0 Å². The van der Waals surface area contributed by atoms with Crippen molar-refractivity contribution >= 4 is 0 Å². The third kappa shape index (κ3) is 2.76. The molecule has 0 radical (unpaired) electrons. The summed E-state index contributed by atoms with van der Waals surface area (Å²) in [5.41, 5.74) is 1.39. The lowest BCUT2D eigenvalue weighted by Gasteiger charge is -2.38. The zero-order chi connectivity index (χ0) is 12.6. The first kappa shape index (κ1) is 13.0. The predicted octanol–water partition coefficient (Wildman–Crippen LogP) is 4.66. The fraction of sp³-hybridized carbons (Fsp3) is 1.00. The molecule has 0 amide bonds. The molecule has 1 nitrogen and oxygen atoms in total. The topological polar surface area (TPSA) is 12.0 Å². The Hall–Kier alpha value is -0.0400. The third-order valence-corrected chi connectivity index (χ3v) is 6.15. The van der Waals surface area contributed by atoms with Gasteiger partial charge in [-0.1, -0.05) is 26.7 Å². The average Bonchev–Trinajstić information content (AvgIpc) is 2.90. The molecule has 0 aromatic heterocycles. The van der Waals surface area contributed by atoms with Crippen LogP contribution in [0.5, 0.6) is 0 Å². The van der Waals surface area contributed by atoms with E-state index in [1.54, 1.807) is 0 Å². The molecule has 3 aliphatic carbocycles. The van der Waals surface area contributed by atoms with Crippen molar-refractivity contribution in [3.05, 3.63) is 0 Å². The smallest absolute Gasteiger partial charge is 0.00749 e. The molecule has 1 unspecified atom stereocenters. The van der Waals surface area contributed by atoms with Gasteiger partial charge in [0.2, 0.25) is 0 Å². The van der Waals surface area contributed by atoms with Gasteiger partial charge in [0, 0.05) is 12.1 Å². The second kappa shape index (κ2) is 4.81. The highest BCUT2D eigenvalue weighted by Crippen LogP contribution is 2.49. The number of nitrogens with one attached hydrogen (secondary N) is 1. The minimum Gasteiger partial charge on any atom is -0.311 e. The summed E-state index contributed by atoms with van der Waals surface area (Å²) in [4.78, 5) is 0. The quantitative estimate of drug-likeness (QED) is 0.750. The van der Waals surface area contributed by atoms with Crippen LogP contribution in [0.15, 0.2) is 0 Å². The molecule has 0 aromatic carbocycles. The van der Waals surface area contributed by atoms with E-state index in [2.05, 4.69) is 19.2 Å². The molecule has 18 heavy (non-hydrogen) atoms. The second-order valence-electron chi connectivity index (χ2n) is 8.25. The normalized spacial score (nSPS) is 35.3. The molecule has 1 heteroatoms. The van der Waals surface area contributed by atoms with E-state index in [9.17, 15) is 0 Å². The minimum absolute atomic E-state index is 0.596. The van der Waals surface area contributed by atoms with Gasteiger partial charge < -0.3 is 5.32 Å². The Bertz CT molecular complexity index is 278. The van der Waals surface area contributed by atoms with Crippen molar-refractivity contribution in [1.82, 2.24) is 5.32 Å². The molecule has 1 spiro atoms. The summed E-state index contributed by atoms with van der Waals surface area (Å²) in [5.74, 6) is 0. The van der Waals surface area contributed by atoms with Gasteiger partial charge in [-0.3, -0.25) is 0 Å². The van der Waals surface area contributed by atoms with Crippen LogP contribution >= 0.6 is 0 Å². The van der Waals surface area contributed by atoms with Crippen LogP contribution in [-0.4, -0.2) is 12.1 Å². The number of hydrogen-bond acceptors (Lipinski definition) is 1. The third-order valence-electron chi connectivity index (χ3n) is 6.15. The Morgan fingerprint density at radius 3 is 1.94 bits per heavy atom. The molecule has 0 bridgehead atoms. The molecule has 3 saturated carbocycles. The van der Waals surface area contributed by atoms with Crippen molar-refractivity contribution in [2.24, 2.45) is 10.8 Å². The Morgan fingerprint density at radius 1 is 0.778 bits per heavy atom. The maximum atomic E-state index is 3.98. The Morgan fingerprint density at radius 2 is 1.39 bits per heavy atom. The Kier molecular flexibility index (Phi) is 3.47. The summed E-state index contributed by atoms with van der Waals surface area (Å²) >= 11 is 0. The van der Waals surface area contributed by atoms with E-state index in [4.69, 9.17) is 0 Å². The van der Waals surface area contributed by atoms with Crippen molar-refractivity contribution in [2.45, 2.75) is 96.6 Å². The lowest BCUT2D eigenvalue weighted by Crippen LogP contribution is -2.41. The summed E-state index contributed by atoms with van der Waals surface area (Å²) in [6, 6.07) is 1.66. The van der Waals surface area contributed by atoms with Crippen molar-refractivity contribution < 1.29 is 0 Å². The van der Waals surface area contributed by atoms with E-state index in [0.717, 1.165) is 17.5 Å². The molecule has 104 valence electrons. The summed E-state index contributed by atoms with van der Waals surface area (Å²) in [6.07, 6.45) is 16.3. The zero-order valence-corrected chi connectivity index (χ0v) is 12.4. The summed E-state index contributed by atoms with van der Waals surface area (Å²) in [6.45, 7) is 4.87. The summed E-state index contributed by atoms with van der Waals surface area (Å²) < 4.78 is 0. The SMILES string of the molecule is CC1(C)CCC(NC2CCC3(CCCC3)CC2)C1. The molecule has 3 aliphatic rings. The van der Waals surface area contributed by atoms with Crippen molar-refractivity contribution in [1.29, 1.82) is 0 Å². The molecule has 1 N–H and O–H groups in total. The first-order chi connectivity index (χ1) is 8.57. The van der Waals surface area contributed by atoms with Gasteiger partial charge in [-0.25, -0.2) is 0 Å². The van der Waals surface area contributed by atoms with E-state index in [0.29, 0.717) is 5.41 Å². The van der Waals surface area contributed by atoms with Crippen LogP contribution in [0.25, 0.3) is 0 Å². The highest BCUT2D eigenvalue weighted by molar-refractivity contribution is 4.94. The Labute approximate surface area is 113 Å². The first-order valence-electron chi connectivity index (χ1n) is 8.33. The van der Waals surface area contributed by atoms with E-state index >= 15 is 0 Å². The minimum atomic E-state index is 0.596. The van der Waals surface area contributed by atoms with E-state index in [1.807, 2.05) is 0 Å². The van der Waals surface area contributed by atoms with E-state index < -0.39 is 0 Å². The molecular weight excluding hydrogens is 218 g/mol. The van der Waals surface area contributed by atoms with Gasteiger partial charge >= 0.3 is 0 Å². The van der Waals surface area contributed by atoms with Crippen LogP contribution in [0.2, 0.25) is 0 Å². The number of rotatable bonds is 2. The van der Waals surface area contributed by atoms with Crippen LogP contribution in [-0.2, 0) is 0 Å². The molecule has 3 rings (SSSR count). The highest BCUT2D eigenvalue weighted by Gasteiger charge is 2.38. The lowest BCUT2D eigenvalue weighted by molar-refractivity contribution is 0.161. The fourth-order valence-electron chi connectivity index (χ4n) is 4.93. The standard InChI is InChI=1S/C17H31N/c1-16(2)10-5-15(13-16)18-14-6-11-17(12-7-14)8-3-4-9-17/h14-15,18H,3-13H2,1-2H3. The maximum Gasteiger partial charge on any atom is 0.00749 e. The van der Waals surface area contributed by atoms with Crippen LogP contribution in [0.3, 0.4) is 0 Å². The molecule has 0 aliphatic heterocycles. The van der Waals surface area contributed by atoms with Gasteiger partial charge in [-0.05, 0) is 68.6 Å². The molecule has 0 saturated heterocycles. The molecular formula is C17H31N. The largest absolute Gasteiger partial charge is 0.311 e. The fourth-order valence-corrected chi connectivity index (χ4v) is 4.93. The van der Waals surface area contributed by atoms with Crippen molar-refractivity contribution in [2.75, 3.05) is 0 Å². The van der Waals surface area contributed by atoms with Gasteiger partial charge in [0.05, 0.1) is 0 Å². The van der Waals surface area contributed by atoms with Gasteiger partial charge in [0.1, 0.15) is 0 Å². The summed E-state index contributed by atoms with van der Waals surface area (Å²) in [7, 11) is 0. The van der Waals surface area contributed by atoms with Crippen LogP contribution in [0.1, 0.15) is 84.5 Å². The number of hydrogen-bond donors (Lipinski definition) is 1. The second-order valence-corrected chi connectivity index (χ2v) is 8.25. The predicted molar refractivity (Wildman–Crippen MR) is 77.7 cm³/mol. The molecule has 1 atom stereocenters. The van der Waals surface area contributed by atoms with Gasteiger partial charge in [-0.2, -0.15) is 0 Å². The highest BCUT2D eigenvalue weighted by atomic mass is 15.0. The van der Waals surface area contributed by atoms with Crippen LogP contribution in [0, 0.1) is 10.8 Å². The first-order valence-corrected chi connectivity index (χ1v) is 8.33. The van der Waals surface area contributed by atoms with Crippen LogP contribution in [0.4, 0.5) is 0 Å². The van der Waals surface area contributed by atoms with Gasteiger partial charge in [0.15, 0.2) is 0 Å². The average molecular weight is 249 g/mol. The van der Waals surface area contributed by atoms with Crippen molar-refractivity contribution in [3.63, 3.8) is 0 Å². The Balaban J connectivity index is 1.46. The maximum absolute atomic E-state index is 3.98. The summed E-state index contributed by atoms with van der Waals surface area (Å²) in [5, 5.41) is 3.98. The monoisotopic (exact) mass is 249 g/mol. The van der Waals surface area contributed by atoms with Crippen molar-refractivity contribution in [3.8, 4) is 0 Å².